The van der Waals surface area contributed by atoms with E-state index in [1.165, 1.54) is 12.3 Å². The monoisotopic (exact) mass is 220 g/mol. The third-order valence-electron chi connectivity index (χ3n) is 2.05. The maximum atomic E-state index is 12.8. The molecule has 0 atom stereocenters. The second kappa shape index (κ2) is 4.24. The van der Waals surface area contributed by atoms with Crippen molar-refractivity contribution in [2.24, 2.45) is 5.73 Å². The van der Waals surface area contributed by atoms with Gasteiger partial charge < -0.3 is 10.2 Å². The predicted octanol–water partition coefficient (Wildman–Crippen LogP) is 1.50. The number of hydrogen-bond donors (Lipinski definition) is 1. The number of ketones is 1. The average Bonchev–Trinajstić information content (AvgIpc) is 2.76. The fourth-order valence-electron chi connectivity index (χ4n) is 1.29. The van der Waals surface area contributed by atoms with Crippen LogP contribution in [0.25, 0.3) is 0 Å². The number of hydrogen-bond acceptors (Lipinski definition) is 4. The van der Waals surface area contributed by atoms with Crippen molar-refractivity contribution in [2.75, 3.05) is 0 Å². The van der Waals surface area contributed by atoms with E-state index in [-0.39, 0.29) is 17.9 Å². The number of aromatic nitrogens is 1. The Hall–Kier alpha value is -2.01. The number of carbonyl (C=O) groups is 1. The molecule has 0 aliphatic heterocycles. The number of rotatable bonds is 3. The highest BCUT2D eigenvalue weighted by Gasteiger charge is 2.14. The summed E-state index contributed by atoms with van der Waals surface area (Å²) in [5.41, 5.74) is 5.50. The van der Waals surface area contributed by atoms with Crippen LogP contribution < -0.4 is 5.73 Å². The van der Waals surface area contributed by atoms with Gasteiger partial charge in [-0.1, -0.05) is 0 Å². The van der Waals surface area contributed by atoms with Crippen LogP contribution in [0.2, 0.25) is 0 Å². The highest BCUT2D eigenvalue weighted by molar-refractivity contribution is 6.06. The van der Waals surface area contributed by atoms with Crippen LogP contribution in [0.15, 0.2) is 35.0 Å². The maximum Gasteiger partial charge on any atom is 0.229 e. The molecule has 4 nitrogen and oxygen atoms in total. The van der Waals surface area contributed by atoms with Gasteiger partial charge in [0.1, 0.15) is 11.6 Å². The van der Waals surface area contributed by atoms with Crippen molar-refractivity contribution in [1.82, 2.24) is 4.98 Å². The van der Waals surface area contributed by atoms with E-state index in [1.807, 2.05) is 0 Å². The van der Waals surface area contributed by atoms with Crippen LogP contribution in [0.1, 0.15) is 21.9 Å². The van der Waals surface area contributed by atoms with E-state index in [1.54, 1.807) is 6.07 Å². The first-order chi connectivity index (χ1) is 7.70. The number of nitrogens with two attached hydrogens (primary N) is 1. The molecule has 82 valence electrons. The summed E-state index contributed by atoms with van der Waals surface area (Å²) < 4.78 is 18.0. The van der Waals surface area contributed by atoms with Gasteiger partial charge in [0.05, 0.1) is 12.7 Å². The Morgan fingerprint density at radius 3 is 2.88 bits per heavy atom. The molecule has 2 rings (SSSR count). The molecule has 0 saturated heterocycles. The zero-order chi connectivity index (χ0) is 11.5. The highest BCUT2D eigenvalue weighted by atomic mass is 19.1. The molecule has 0 aliphatic rings. The van der Waals surface area contributed by atoms with E-state index in [4.69, 9.17) is 10.2 Å². The average molecular weight is 220 g/mol. The van der Waals surface area contributed by atoms with Crippen LogP contribution >= 0.6 is 0 Å². The first-order valence-corrected chi connectivity index (χ1v) is 4.64. The van der Waals surface area contributed by atoms with Gasteiger partial charge in [-0.2, -0.15) is 0 Å². The van der Waals surface area contributed by atoms with Gasteiger partial charge in [0, 0.05) is 11.8 Å². The Balaban J connectivity index is 2.31. The van der Waals surface area contributed by atoms with Gasteiger partial charge >= 0.3 is 0 Å². The minimum absolute atomic E-state index is 0.132. The molecule has 2 N–H and O–H groups in total. The van der Waals surface area contributed by atoms with Crippen molar-refractivity contribution >= 4 is 5.78 Å². The van der Waals surface area contributed by atoms with E-state index in [9.17, 15) is 9.18 Å². The second-order valence-corrected chi connectivity index (χ2v) is 3.19. The topological polar surface area (TPSA) is 69.1 Å². The summed E-state index contributed by atoms with van der Waals surface area (Å²) in [6.45, 7) is 0.217. The lowest BCUT2D eigenvalue weighted by Crippen LogP contribution is -2.01. The van der Waals surface area contributed by atoms with Gasteiger partial charge in [-0.3, -0.25) is 9.78 Å². The number of halogens is 1. The molecule has 2 aromatic rings. The lowest BCUT2D eigenvalue weighted by atomic mass is 10.1. The third-order valence-corrected chi connectivity index (χ3v) is 2.05. The van der Waals surface area contributed by atoms with Crippen molar-refractivity contribution in [3.8, 4) is 0 Å². The Morgan fingerprint density at radius 1 is 1.44 bits per heavy atom. The number of pyridine rings is 1. The zero-order valence-corrected chi connectivity index (χ0v) is 8.31. The van der Waals surface area contributed by atoms with E-state index in [0.717, 1.165) is 12.3 Å². The number of furan rings is 1. The highest BCUT2D eigenvalue weighted by Crippen LogP contribution is 2.13. The molecular formula is C11H9FN2O2. The van der Waals surface area contributed by atoms with E-state index in [0.29, 0.717) is 5.76 Å². The largest absolute Gasteiger partial charge is 0.456 e. The third kappa shape index (κ3) is 1.99. The SMILES string of the molecule is NCc1ccc(C(=O)c2cncc(F)c2)o1. The molecule has 0 radical (unpaired) electrons. The summed E-state index contributed by atoms with van der Waals surface area (Å²) in [5.74, 6) is -0.330. The lowest BCUT2D eigenvalue weighted by molar-refractivity contribution is 0.101. The number of carbonyl (C=O) groups excluding carboxylic acids is 1. The second-order valence-electron chi connectivity index (χ2n) is 3.19. The van der Waals surface area contributed by atoms with Crippen molar-refractivity contribution in [3.05, 3.63) is 53.5 Å². The molecule has 0 amide bonds. The Kier molecular flexibility index (Phi) is 2.78. The molecule has 0 fully saturated rings. The first-order valence-electron chi connectivity index (χ1n) is 4.64. The quantitative estimate of drug-likeness (QED) is 0.796. The van der Waals surface area contributed by atoms with Gasteiger partial charge in [0.15, 0.2) is 5.76 Å². The van der Waals surface area contributed by atoms with Crippen LogP contribution in [0.5, 0.6) is 0 Å². The van der Waals surface area contributed by atoms with Crippen LogP contribution in [0.3, 0.4) is 0 Å². The van der Waals surface area contributed by atoms with Gasteiger partial charge in [-0.25, -0.2) is 4.39 Å². The molecule has 2 heterocycles. The molecule has 0 aliphatic carbocycles. The maximum absolute atomic E-state index is 12.8. The van der Waals surface area contributed by atoms with Gasteiger partial charge in [-0.15, -0.1) is 0 Å². The summed E-state index contributed by atoms with van der Waals surface area (Å²) in [6, 6.07) is 4.23. The summed E-state index contributed by atoms with van der Waals surface area (Å²) in [6.07, 6.45) is 2.32. The molecule has 16 heavy (non-hydrogen) atoms. The van der Waals surface area contributed by atoms with Crippen molar-refractivity contribution in [2.45, 2.75) is 6.54 Å². The van der Waals surface area contributed by atoms with E-state index >= 15 is 0 Å². The fraction of sp³-hybridized carbons (Fsp3) is 0.0909. The van der Waals surface area contributed by atoms with Crippen LogP contribution in [0.4, 0.5) is 4.39 Å². The van der Waals surface area contributed by atoms with Crippen LogP contribution in [-0.2, 0) is 6.54 Å². The summed E-state index contributed by atoms with van der Waals surface area (Å²) in [4.78, 5) is 15.4. The number of nitrogens with zero attached hydrogens (tertiary/aromatic N) is 1. The lowest BCUT2D eigenvalue weighted by Gasteiger charge is -1.96. The molecule has 0 spiro atoms. The molecule has 0 bridgehead atoms. The van der Waals surface area contributed by atoms with E-state index < -0.39 is 11.6 Å². The molecule has 5 heteroatoms. The van der Waals surface area contributed by atoms with Crippen molar-refractivity contribution in [1.29, 1.82) is 0 Å². The molecular weight excluding hydrogens is 211 g/mol. The first kappa shape index (κ1) is 10.5. The standard InChI is InChI=1S/C11H9FN2O2/c12-8-3-7(5-14-6-8)11(15)10-2-1-9(4-13)16-10/h1-3,5-6H,4,13H2. The van der Waals surface area contributed by atoms with Crippen LogP contribution in [-0.4, -0.2) is 10.8 Å². The van der Waals surface area contributed by atoms with E-state index in [2.05, 4.69) is 4.98 Å². The predicted molar refractivity (Wildman–Crippen MR) is 54.2 cm³/mol. The Labute approximate surface area is 90.9 Å². The summed E-state index contributed by atoms with van der Waals surface area (Å²) in [7, 11) is 0. The molecule has 0 aromatic carbocycles. The van der Waals surface area contributed by atoms with Gasteiger partial charge in [0.2, 0.25) is 5.78 Å². The summed E-state index contributed by atoms with van der Waals surface area (Å²) in [5, 5.41) is 0. The minimum Gasteiger partial charge on any atom is -0.456 e. The Bertz CT molecular complexity index is 522. The normalized spacial score (nSPS) is 10.4. The summed E-state index contributed by atoms with van der Waals surface area (Å²) >= 11 is 0. The fourth-order valence-corrected chi connectivity index (χ4v) is 1.29. The molecule has 0 unspecified atom stereocenters. The Morgan fingerprint density at radius 2 is 2.25 bits per heavy atom. The molecule has 2 aromatic heterocycles. The van der Waals surface area contributed by atoms with Gasteiger partial charge in [-0.05, 0) is 18.2 Å². The van der Waals surface area contributed by atoms with Gasteiger partial charge in [0.25, 0.3) is 0 Å². The smallest absolute Gasteiger partial charge is 0.229 e. The van der Waals surface area contributed by atoms with Crippen LogP contribution in [0, 0.1) is 5.82 Å². The van der Waals surface area contributed by atoms with Crippen molar-refractivity contribution < 1.29 is 13.6 Å². The minimum atomic E-state index is -0.559. The van der Waals surface area contributed by atoms with Crippen molar-refractivity contribution in [3.63, 3.8) is 0 Å². The zero-order valence-electron chi connectivity index (χ0n) is 8.31. The molecule has 0 saturated carbocycles.